The van der Waals surface area contributed by atoms with Crippen molar-refractivity contribution in [1.82, 2.24) is 15.2 Å². The van der Waals surface area contributed by atoms with Crippen molar-refractivity contribution in [2.75, 3.05) is 13.1 Å². The lowest BCUT2D eigenvalue weighted by molar-refractivity contribution is -0.154. The van der Waals surface area contributed by atoms with E-state index in [-0.39, 0.29) is 31.8 Å². The molecular weight excluding hydrogens is 398 g/mol. The number of hydrogen-bond donors (Lipinski definition) is 3. The van der Waals surface area contributed by atoms with Crippen LogP contribution in [0.25, 0.3) is 0 Å². The van der Waals surface area contributed by atoms with Gasteiger partial charge in [-0.25, -0.2) is 4.79 Å². The second-order valence-corrected chi connectivity index (χ2v) is 8.78. The maximum absolute atomic E-state index is 12.5. The highest BCUT2D eigenvalue weighted by atomic mass is 16.4. The monoisotopic (exact) mass is 431 g/mol. The van der Waals surface area contributed by atoms with Gasteiger partial charge >= 0.3 is 5.97 Å². The van der Waals surface area contributed by atoms with Crippen LogP contribution < -0.4 is 5.32 Å². The minimum absolute atomic E-state index is 0.0202. The molecule has 31 heavy (non-hydrogen) atoms. The van der Waals surface area contributed by atoms with Gasteiger partial charge in [-0.3, -0.25) is 14.6 Å². The molecule has 0 bridgehead atoms. The number of hydrogen-bond acceptors (Lipinski definition) is 5. The van der Waals surface area contributed by atoms with Gasteiger partial charge < -0.3 is 20.4 Å². The number of amides is 2. The van der Waals surface area contributed by atoms with Gasteiger partial charge in [-0.1, -0.05) is 6.07 Å². The lowest BCUT2D eigenvalue weighted by atomic mass is 9.84. The van der Waals surface area contributed by atoms with Crippen molar-refractivity contribution in [3.63, 3.8) is 0 Å². The first-order valence-electron chi connectivity index (χ1n) is 11.3. The Hall–Kier alpha value is -2.48. The van der Waals surface area contributed by atoms with Crippen molar-refractivity contribution in [3.8, 4) is 0 Å². The molecule has 0 aromatic carbocycles. The first-order valence-corrected chi connectivity index (χ1v) is 11.3. The SMILES string of the molecule is CC(=O)N[C@@H](C(=O)O)C1(O)CCN(C(=O)CCCCc2ccc3c(n2)CCCC3)CC1. The molecule has 1 aromatic rings. The molecule has 0 spiro atoms. The van der Waals surface area contributed by atoms with Crippen LogP contribution >= 0.6 is 0 Å². The maximum Gasteiger partial charge on any atom is 0.329 e. The highest BCUT2D eigenvalue weighted by molar-refractivity contribution is 5.83. The molecule has 3 N–H and O–H groups in total. The van der Waals surface area contributed by atoms with Gasteiger partial charge in [0.1, 0.15) is 0 Å². The molecule has 1 aliphatic carbocycles. The van der Waals surface area contributed by atoms with Crippen LogP contribution in [0.5, 0.6) is 0 Å². The molecule has 0 unspecified atom stereocenters. The molecule has 0 radical (unpaired) electrons. The van der Waals surface area contributed by atoms with E-state index in [1.807, 2.05) is 0 Å². The van der Waals surface area contributed by atoms with Crippen LogP contribution in [0.1, 0.15) is 68.8 Å². The Morgan fingerprint density at radius 2 is 1.87 bits per heavy atom. The molecular formula is C23H33N3O5. The number of aliphatic carboxylic acids is 1. The van der Waals surface area contributed by atoms with Gasteiger partial charge in [0.05, 0.1) is 5.60 Å². The smallest absolute Gasteiger partial charge is 0.329 e. The van der Waals surface area contributed by atoms with Crippen molar-refractivity contribution in [3.05, 3.63) is 29.1 Å². The number of fused-ring (bicyclic) bond motifs is 1. The molecule has 2 aliphatic rings. The lowest BCUT2D eigenvalue weighted by Gasteiger charge is -2.41. The average molecular weight is 432 g/mol. The van der Waals surface area contributed by atoms with E-state index in [2.05, 4.69) is 17.4 Å². The normalized spacial score (nSPS) is 18.7. The van der Waals surface area contributed by atoms with Gasteiger partial charge in [-0.05, 0) is 69.4 Å². The number of aromatic nitrogens is 1. The number of aryl methyl sites for hydroxylation is 3. The molecule has 3 rings (SSSR count). The summed E-state index contributed by atoms with van der Waals surface area (Å²) in [5.74, 6) is -1.76. The summed E-state index contributed by atoms with van der Waals surface area (Å²) in [5, 5.41) is 22.4. The van der Waals surface area contributed by atoms with E-state index in [9.17, 15) is 24.6 Å². The van der Waals surface area contributed by atoms with Gasteiger partial charge in [0.25, 0.3) is 0 Å². The predicted octanol–water partition coefficient (Wildman–Crippen LogP) is 1.62. The second-order valence-electron chi connectivity index (χ2n) is 8.78. The number of carbonyl (C=O) groups is 3. The Kier molecular flexibility index (Phi) is 7.64. The summed E-state index contributed by atoms with van der Waals surface area (Å²) in [5.41, 5.74) is 2.15. The molecule has 8 heteroatoms. The summed E-state index contributed by atoms with van der Waals surface area (Å²) < 4.78 is 0. The quantitative estimate of drug-likeness (QED) is 0.538. The summed E-state index contributed by atoms with van der Waals surface area (Å²) in [6.45, 7) is 1.79. The number of nitrogens with zero attached hydrogens (tertiary/aromatic N) is 2. The molecule has 2 amide bonds. The number of piperidine rings is 1. The highest BCUT2D eigenvalue weighted by Gasteiger charge is 2.45. The molecule has 1 fully saturated rings. The van der Waals surface area contributed by atoms with Crippen LogP contribution in [-0.2, 0) is 33.6 Å². The maximum atomic E-state index is 12.5. The number of carboxylic acid groups (broad SMARTS) is 1. The van der Waals surface area contributed by atoms with Gasteiger partial charge in [0.2, 0.25) is 11.8 Å². The topological polar surface area (TPSA) is 120 Å². The Bertz CT molecular complexity index is 817. The fraction of sp³-hybridized carbons (Fsp3) is 0.652. The largest absolute Gasteiger partial charge is 0.480 e. The van der Waals surface area contributed by atoms with E-state index in [4.69, 9.17) is 4.98 Å². The fourth-order valence-electron chi connectivity index (χ4n) is 4.57. The number of carbonyl (C=O) groups excluding carboxylic acids is 2. The molecule has 0 saturated carbocycles. The third-order valence-corrected chi connectivity index (χ3v) is 6.42. The Labute approximate surface area is 183 Å². The van der Waals surface area contributed by atoms with E-state index < -0.39 is 23.5 Å². The number of rotatable bonds is 8. The molecule has 1 aliphatic heterocycles. The number of likely N-dealkylation sites (tertiary alicyclic amines) is 1. The molecule has 1 aromatic heterocycles. The number of aliphatic hydroxyl groups is 1. The minimum atomic E-state index is -1.55. The number of unbranched alkanes of at least 4 members (excludes halogenated alkanes) is 1. The third-order valence-electron chi connectivity index (χ3n) is 6.42. The molecule has 170 valence electrons. The summed E-state index contributed by atoms with van der Waals surface area (Å²) >= 11 is 0. The Morgan fingerprint density at radius 1 is 1.16 bits per heavy atom. The number of carboxylic acids is 1. The van der Waals surface area contributed by atoms with Crippen molar-refractivity contribution in [2.45, 2.75) is 82.8 Å². The molecule has 2 heterocycles. The van der Waals surface area contributed by atoms with Crippen LogP contribution in [0.3, 0.4) is 0 Å². The first-order chi connectivity index (χ1) is 14.8. The van der Waals surface area contributed by atoms with Crippen molar-refractivity contribution in [1.29, 1.82) is 0 Å². The van der Waals surface area contributed by atoms with Gasteiger partial charge in [-0.15, -0.1) is 0 Å². The van der Waals surface area contributed by atoms with E-state index in [1.54, 1.807) is 4.90 Å². The zero-order valence-electron chi connectivity index (χ0n) is 18.2. The van der Waals surface area contributed by atoms with Crippen LogP contribution in [0.4, 0.5) is 0 Å². The lowest BCUT2D eigenvalue weighted by Crippen LogP contribution is -2.61. The molecule has 1 saturated heterocycles. The van der Waals surface area contributed by atoms with Gasteiger partial charge in [0.15, 0.2) is 6.04 Å². The standard InChI is InChI=1S/C23H33N3O5/c1-16(27)24-21(22(29)30)23(31)12-14-26(15-13-23)20(28)9-5-3-7-18-11-10-17-6-2-4-8-19(17)25-18/h10-11,21,31H,2-9,12-15H2,1H3,(H,24,27)(H,29,30)/t21-/m0/s1. The van der Waals surface area contributed by atoms with Crippen molar-refractivity contribution < 1.29 is 24.6 Å². The zero-order chi connectivity index (χ0) is 22.4. The average Bonchev–Trinajstić information content (AvgIpc) is 2.75. The fourth-order valence-corrected chi connectivity index (χ4v) is 4.57. The van der Waals surface area contributed by atoms with E-state index in [0.717, 1.165) is 37.8 Å². The van der Waals surface area contributed by atoms with Gasteiger partial charge in [0, 0.05) is 37.8 Å². The van der Waals surface area contributed by atoms with Gasteiger partial charge in [-0.2, -0.15) is 0 Å². The predicted molar refractivity (Wildman–Crippen MR) is 114 cm³/mol. The van der Waals surface area contributed by atoms with Crippen LogP contribution in [0.15, 0.2) is 12.1 Å². The van der Waals surface area contributed by atoms with E-state index in [0.29, 0.717) is 6.42 Å². The Balaban J connectivity index is 1.42. The van der Waals surface area contributed by atoms with Crippen LogP contribution in [0, 0.1) is 0 Å². The summed E-state index contributed by atoms with van der Waals surface area (Å²) in [6.07, 6.45) is 7.82. The van der Waals surface area contributed by atoms with Crippen molar-refractivity contribution in [2.24, 2.45) is 0 Å². The van der Waals surface area contributed by atoms with E-state index >= 15 is 0 Å². The Morgan fingerprint density at radius 3 is 2.55 bits per heavy atom. The van der Waals surface area contributed by atoms with Crippen molar-refractivity contribution >= 4 is 17.8 Å². The number of pyridine rings is 1. The summed E-state index contributed by atoms with van der Waals surface area (Å²) in [4.78, 5) is 41.7. The minimum Gasteiger partial charge on any atom is -0.480 e. The number of nitrogens with one attached hydrogen (secondary N) is 1. The zero-order valence-corrected chi connectivity index (χ0v) is 18.2. The first kappa shape index (κ1) is 23.2. The van der Waals surface area contributed by atoms with Crippen LogP contribution in [-0.4, -0.2) is 62.6 Å². The van der Waals surface area contributed by atoms with Crippen LogP contribution in [0.2, 0.25) is 0 Å². The summed E-state index contributed by atoms with van der Waals surface area (Å²) in [7, 11) is 0. The molecule has 8 nitrogen and oxygen atoms in total. The second kappa shape index (κ2) is 10.2. The highest BCUT2D eigenvalue weighted by Crippen LogP contribution is 2.27. The summed E-state index contributed by atoms with van der Waals surface area (Å²) in [6, 6.07) is 2.93. The van der Waals surface area contributed by atoms with E-state index in [1.165, 1.54) is 31.0 Å². The molecule has 1 atom stereocenters. The third kappa shape index (κ3) is 6.03.